The van der Waals surface area contributed by atoms with Crippen LogP contribution in [-0.2, 0) is 20.0 Å². The first-order chi connectivity index (χ1) is 12.3. The summed E-state index contributed by atoms with van der Waals surface area (Å²) in [5.41, 5.74) is 0.0746. The van der Waals surface area contributed by atoms with E-state index in [0.717, 1.165) is 30.7 Å². The summed E-state index contributed by atoms with van der Waals surface area (Å²) in [4.78, 5) is 3.83. The van der Waals surface area contributed by atoms with Crippen molar-refractivity contribution in [2.45, 2.75) is 22.6 Å². The molecule has 1 aliphatic heterocycles. The van der Waals surface area contributed by atoms with Crippen molar-refractivity contribution in [2.75, 3.05) is 11.3 Å². The molecule has 1 heterocycles. The van der Waals surface area contributed by atoms with Gasteiger partial charge in [0.25, 0.3) is 20.0 Å². The lowest BCUT2D eigenvalue weighted by molar-refractivity contribution is 0.591. The Balaban J connectivity index is 1.84. The minimum Gasteiger partial charge on any atom is -0.280 e. The summed E-state index contributed by atoms with van der Waals surface area (Å²) in [5.74, 6) is -0.166. The third kappa shape index (κ3) is 4.20. The monoisotopic (exact) mass is 397 g/mol. The standard InChI is InChI=1S/C16H16FN3O4S2/c17-12-6-8-14(9-7-12)25(21,22)19-13-3-1-4-15(11-13)26(23,24)20-16-5-2-10-18-16/h1,3-4,6-9,11,19H,2,5,10H2,(H,18,20). The van der Waals surface area contributed by atoms with E-state index in [2.05, 4.69) is 14.4 Å². The van der Waals surface area contributed by atoms with Gasteiger partial charge in [0.2, 0.25) is 0 Å². The highest BCUT2D eigenvalue weighted by Gasteiger charge is 2.20. The molecule has 26 heavy (non-hydrogen) atoms. The maximum absolute atomic E-state index is 13.0. The van der Waals surface area contributed by atoms with E-state index in [1.54, 1.807) is 0 Å². The third-order valence-electron chi connectivity index (χ3n) is 3.65. The Morgan fingerprint density at radius 3 is 2.23 bits per heavy atom. The number of hydrogen-bond acceptors (Lipinski definition) is 5. The Kier molecular flexibility index (Phi) is 4.97. The van der Waals surface area contributed by atoms with Crippen LogP contribution in [0.4, 0.5) is 10.1 Å². The van der Waals surface area contributed by atoms with Crippen LogP contribution in [0.5, 0.6) is 0 Å². The van der Waals surface area contributed by atoms with E-state index in [0.29, 0.717) is 18.8 Å². The molecule has 0 spiro atoms. The summed E-state index contributed by atoms with van der Waals surface area (Å²) >= 11 is 0. The van der Waals surface area contributed by atoms with E-state index in [-0.39, 0.29) is 15.5 Å². The van der Waals surface area contributed by atoms with Crippen molar-refractivity contribution in [1.82, 2.24) is 4.72 Å². The van der Waals surface area contributed by atoms with Crippen LogP contribution in [0.25, 0.3) is 0 Å². The van der Waals surface area contributed by atoms with Gasteiger partial charge in [-0.1, -0.05) is 6.07 Å². The first-order valence-electron chi connectivity index (χ1n) is 7.71. The summed E-state index contributed by atoms with van der Waals surface area (Å²) in [7, 11) is -7.83. The number of benzene rings is 2. The van der Waals surface area contributed by atoms with Gasteiger partial charge >= 0.3 is 0 Å². The highest BCUT2D eigenvalue weighted by molar-refractivity contribution is 7.92. The average Bonchev–Trinajstić information content (AvgIpc) is 3.07. The summed E-state index contributed by atoms with van der Waals surface area (Å²) in [6.07, 6.45) is 1.34. The van der Waals surface area contributed by atoms with Gasteiger partial charge in [0, 0.05) is 13.0 Å². The van der Waals surface area contributed by atoms with E-state index >= 15 is 0 Å². The molecule has 0 aromatic heterocycles. The van der Waals surface area contributed by atoms with Crippen LogP contribution in [0.2, 0.25) is 0 Å². The van der Waals surface area contributed by atoms with E-state index in [1.807, 2.05) is 0 Å². The highest BCUT2D eigenvalue weighted by Crippen LogP contribution is 2.20. The van der Waals surface area contributed by atoms with Gasteiger partial charge in [0.05, 0.1) is 15.5 Å². The maximum atomic E-state index is 13.0. The van der Waals surface area contributed by atoms with Gasteiger partial charge < -0.3 is 0 Å². The second-order valence-corrected chi connectivity index (χ2v) is 8.99. The molecule has 2 aromatic rings. The smallest absolute Gasteiger partial charge is 0.262 e. The van der Waals surface area contributed by atoms with Gasteiger partial charge in [-0.2, -0.15) is 0 Å². The van der Waals surface area contributed by atoms with Crippen molar-refractivity contribution in [1.29, 1.82) is 0 Å². The van der Waals surface area contributed by atoms with Crippen LogP contribution in [0.3, 0.4) is 0 Å². The highest BCUT2D eigenvalue weighted by atomic mass is 32.2. The van der Waals surface area contributed by atoms with Crippen LogP contribution >= 0.6 is 0 Å². The van der Waals surface area contributed by atoms with Crippen LogP contribution < -0.4 is 9.44 Å². The third-order valence-corrected chi connectivity index (χ3v) is 6.42. The quantitative estimate of drug-likeness (QED) is 0.806. The molecule has 0 unspecified atom stereocenters. The molecule has 0 radical (unpaired) electrons. The molecule has 0 atom stereocenters. The van der Waals surface area contributed by atoms with Gasteiger partial charge in [-0.3, -0.25) is 14.4 Å². The molecule has 2 aromatic carbocycles. The van der Waals surface area contributed by atoms with Crippen LogP contribution in [-0.4, -0.2) is 29.2 Å². The molecule has 2 N–H and O–H groups in total. The van der Waals surface area contributed by atoms with Crippen molar-refractivity contribution in [3.63, 3.8) is 0 Å². The van der Waals surface area contributed by atoms with Gasteiger partial charge in [-0.05, 0) is 48.9 Å². The molecule has 0 saturated carbocycles. The first-order valence-corrected chi connectivity index (χ1v) is 10.7. The molecular weight excluding hydrogens is 381 g/mol. The number of anilines is 1. The Labute approximate surface area is 151 Å². The van der Waals surface area contributed by atoms with Crippen LogP contribution in [0, 0.1) is 5.82 Å². The summed E-state index contributed by atoms with van der Waals surface area (Å²) in [6.45, 7) is 0.579. The van der Waals surface area contributed by atoms with Gasteiger partial charge in [0.1, 0.15) is 11.7 Å². The molecule has 10 heteroatoms. The number of nitrogens with one attached hydrogen (secondary N) is 2. The zero-order valence-corrected chi connectivity index (χ0v) is 15.1. The second-order valence-electron chi connectivity index (χ2n) is 5.62. The van der Waals surface area contributed by atoms with E-state index < -0.39 is 25.9 Å². The number of halogens is 1. The largest absolute Gasteiger partial charge is 0.280 e. The number of hydrogen-bond donors (Lipinski definition) is 2. The van der Waals surface area contributed by atoms with Crippen molar-refractivity contribution in [3.05, 3.63) is 54.3 Å². The summed E-state index contributed by atoms with van der Waals surface area (Å²) < 4.78 is 67.1. The number of rotatable bonds is 5. The molecule has 138 valence electrons. The van der Waals surface area contributed by atoms with Gasteiger partial charge in [-0.15, -0.1) is 0 Å². The molecule has 0 aliphatic carbocycles. The van der Waals surface area contributed by atoms with Gasteiger partial charge in [0.15, 0.2) is 0 Å². The lowest BCUT2D eigenvalue weighted by atomic mass is 10.3. The van der Waals surface area contributed by atoms with Crippen molar-refractivity contribution in [2.24, 2.45) is 4.99 Å². The van der Waals surface area contributed by atoms with Crippen LogP contribution in [0.1, 0.15) is 12.8 Å². The van der Waals surface area contributed by atoms with Crippen LogP contribution in [0.15, 0.2) is 63.3 Å². The second kappa shape index (κ2) is 7.04. The average molecular weight is 397 g/mol. The number of sulfonamides is 2. The molecule has 0 fully saturated rings. The van der Waals surface area contributed by atoms with E-state index in [9.17, 15) is 21.2 Å². The summed E-state index contributed by atoms with van der Waals surface area (Å²) in [6, 6.07) is 9.71. The van der Waals surface area contributed by atoms with Crippen molar-refractivity contribution in [3.8, 4) is 0 Å². The molecule has 0 saturated heterocycles. The minimum absolute atomic E-state index is 0.0746. The maximum Gasteiger partial charge on any atom is 0.262 e. The Morgan fingerprint density at radius 1 is 0.885 bits per heavy atom. The predicted molar refractivity (Wildman–Crippen MR) is 95.5 cm³/mol. The predicted octanol–water partition coefficient (Wildman–Crippen LogP) is 2.10. The van der Waals surface area contributed by atoms with Crippen molar-refractivity contribution >= 4 is 31.6 Å². The molecule has 0 amide bonds. The lowest BCUT2D eigenvalue weighted by Gasteiger charge is -2.11. The molecule has 3 rings (SSSR count). The fourth-order valence-corrected chi connectivity index (χ4v) is 4.58. The summed E-state index contributed by atoms with van der Waals surface area (Å²) in [5, 5.41) is 0. The van der Waals surface area contributed by atoms with E-state index in [1.165, 1.54) is 24.3 Å². The number of aliphatic imine (C=N–C) groups is 1. The number of amidine groups is 1. The van der Waals surface area contributed by atoms with E-state index in [4.69, 9.17) is 0 Å². The number of nitrogens with zero attached hydrogens (tertiary/aromatic N) is 1. The normalized spacial score (nSPS) is 14.7. The SMILES string of the molecule is O=S(=O)(NC1=NCCC1)c1cccc(NS(=O)(=O)c2ccc(F)cc2)c1. The zero-order chi connectivity index (χ0) is 18.8. The first kappa shape index (κ1) is 18.3. The molecule has 0 bridgehead atoms. The molecule has 7 nitrogen and oxygen atoms in total. The minimum atomic E-state index is -3.97. The Bertz CT molecular complexity index is 1050. The topological polar surface area (TPSA) is 105 Å². The Morgan fingerprint density at radius 2 is 1.58 bits per heavy atom. The van der Waals surface area contributed by atoms with Crippen molar-refractivity contribution < 1.29 is 21.2 Å². The molecular formula is C16H16FN3O4S2. The lowest BCUT2D eigenvalue weighted by Crippen LogP contribution is -2.29. The Hall–Kier alpha value is -2.46. The fraction of sp³-hybridized carbons (Fsp3) is 0.188. The zero-order valence-electron chi connectivity index (χ0n) is 13.5. The molecule has 1 aliphatic rings. The fourth-order valence-electron chi connectivity index (χ4n) is 2.39. The van der Waals surface area contributed by atoms with Gasteiger partial charge in [-0.25, -0.2) is 21.2 Å².